The summed E-state index contributed by atoms with van der Waals surface area (Å²) < 4.78 is 11.3. The molecule has 178 valence electrons. The summed E-state index contributed by atoms with van der Waals surface area (Å²) in [5.74, 6) is 0.796. The van der Waals surface area contributed by atoms with Crippen LogP contribution in [-0.4, -0.2) is 12.6 Å². The molecule has 3 aromatic rings. The molecule has 0 heterocycles. The van der Waals surface area contributed by atoms with Gasteiger partial charge in [0.2, 0.25) is 0 Å². The van der Waals surface area contributed by atoms with Crippen molar-refractivity contribution in [2.75, 3.05) is 6.61 Å². The fourth-order valence-electron chi connectivity index (χ4n) is 3.35. The van der Waals surface area contributed by atoms with Gasteiger partial charge in [-0.25, -0.2) is 4.79 Å². The Morgan fingerprint density at radius 1 is 0.824 bits per heavy atom. The molecule has 0 aliphatic carbocycles. The molecular formula is C28H31ClN2O3. The van der Waals surface area contributed by atoms with Crippen molar-refractivity contribution in [1.82, 2.24) is 0 Å². The predicted octanol–water partition coefficient (Wildman–Crippen LogP) is 9.02. The Hall–Kier alpha value is -3.18. The van der Waals surface area contributed by atoms with Gasteiger partial charge in [0, 0.05) is 5.02 Å². The van der Waals surface area contributed by atoms with Crippen LogP contribution >= 0.6 is 11.6 Å². The zero-order chi connectivity index (χ0) is 24.2. The van der Waals surface area contributed by atoms with E-state index >= 15 is 0 Å². The number of halogens is 1. The van der Waals surface area contributed by atoms with E-state index in [9.17, 15) is 4.79 Å². The number of benzene rings is 3. The van der Waals surface area contributed by atoms with Crippen LogP contribution in [0.15, 0.2) is 77.0 Å². The summed E-state index contributed by atoms with van der Waals surface area (Å²) in [6.07, 6.45) is 7.34. The van der Waals surface area contributed by atoms with Crippen molar-refractivity contribution in [3.8, 4) is 11.5 Å². The summed E-state index contributed by atoms with van der Waals surface area (Å²) in [7, 11) is 0. The third kappa shape index (κ3) is 8.31. The highest BCUT2D eigenvalue weighted by Gasteiger charge is 2.10. The lowest BCUT2D eigenvalue weighted by Gasteiger charge is -2.08. The third-order valence-electron chi connectivity index (χ3n) is 5.34. The molecule has 3 aromatic carbocycles. The summed E-state index contributed by atoms with van der Waals surface area (Å²) in [6.45, 7) is 4.80. The normalized spacial score (nSPS) is 11.0. The summed E-state index contributed by atoms with van der Waals surface area (Å²) in [5, 5.41) is 9.13. The third-order valence-corrected chi connectivity index (χ3v) is 5.59. The Balaban J connectivity index is 1.49. The number of unbranched alkanes of at least 4 members (excludes halogenated alkanes) is 5. The van der Waals surface area contributed by atoms with E-state index in [1.54, 1.807) is 66.7 Å². The van der Waals surface area contributed by atoms with E-state index in [2.05, 4.69) is 17.2 Å². The van der Waals surface area contributed by atoms with Crippen LogP contribution in [0.25, 0.3) is 0 Å². The minimum Gasteiger partial charge on any atom is -0.494 e. The van der Waals surface area contributed by atoms with Crippen molar-refractivity contribution < 1.29 is 14.3 Å². The Morgan fingerprint density at radius 3 is 2.21 bits per heavy atom. The lowest BCUT2D eigenvalue weighted by atomic mass is 10.1. The second-order valence-corrected chi connectivity index (χ2v) is 8.59. The number of nitrogens with zero attached hydrogens (tertiary/aromatic N) is 2. The molecule has 6 heteroatoms. The summed E-state index contributed by atoms with van der Waals surface area (Å²) >= 11 is 5.89. The second kappa shape index (κ2) is 13.5. The smallest absolute Gasteiger partial charge is 0.343 e. The molecule has 0 saturated heterocycles. The number of hydrogen-bond donors (Lipinski definition) is 0. The van der Waals surface area contributed by atoms with Crippen LogP contribution in [-0.2, 0) is 0 Å². The number of rotatable bonds is 12. The van der Waals surface area contributed by atoms with Gasteiger partial charge < -0.3 is 9.47 Å². The van der Waals surface area contributed by atoms with E-state index < -0.39 is 5.97 Å². The van der Waals surface area contributed by atoms with Crippen molar-refractivity contribution in [3.05, 3.63) is 82.9 Å². The molecule has 0 unspecified atom stereocenters. The van der Waals surface area contributed by atoms with Crippen molar-refractivity contribution in [2.45, 2.75) is 52.4 Å². The minimum atomic E-state index is -0.419. The average Bonchev–Trinajstić information content (AvgIpc) is 2.84. The monoisotopic (exact) mass is 478 g/mol. The van der Waals surface area contributed by atoms with Crippen molar-refractivity contribution in [1.29, 1.82) is 0 Å². The molecule has 0 aromatic heterocycles. The summed E-state index contributed by atoms with van der Waals surface area (Å²) in [4.78, 5) is 12.5. The van der Waals surface area contributed by atoms with Crippen molar-refractivity contribution >= 4 is 28.9 Å². The lowest BCUT2D eigenvalue weighted by Crippen LogP contribution is -2.08. The van der Waals surface area contributed by atoms with Gasteiger partial charge >= 0.3 is 5.97 Å². The summed E-state index contributed by atoms with van der Waals surface area (Å²) in [5.41, 5.74) is 2.72. The maximum Gasteiger partial charge on any atom is 0.343 e. The first-order valence-corrected chi connectivity index (χ1v) is 12.2. The molecule has 0 atom stereocenters. The maximum atomic E-state index is 12.5. The van der Waals surface area contributed by atoms with E-state index in [0.29, 0.717) is 34.3 Å². The summed E-state index contributed by atoms with van der Waals surface area (Å²) in [6, 6.07) is 19.4. The van der Waals surface area contributed by atoms with Gasteiger partial charge in [0.15, 0.2) is 0 Å². The van der Waals surface area contributed by atoms with E-state index in [1.165, 1.54) is 32.1 Å². The number of carbonyl (C=O) groups is 1. The van der Waals surface area contributed by atoms with Gasteiger partial charge in [-0.05, 0) is 85.6 Å². The number of carbonyl (C=O) groups excluding carboxylic acids is 1. The average molecular weight is 479 g/mol. The van der Waals surface area contributed by atoms with Crippen LogP contribution in [0.2, 0.25) is 5.02 Å². The fraction of sp³-hybridized carbons (Fsp3) is 0.321. The first-order valence-electron chi connectivity index (χ1n) is 11.8. The van der Waals surface area contributed by atoms with E-state index in [4.69, 9.17) is 21.1 Å². The quantitative estimate of drug-likeness (QED) is 0.113. The lowest BCUT2D eigenvalue weighted by molar-refractivity contribution is 0.0734. The highest BCUT2D eigenvalue weighted by atomic mass is 35.5. The molecule has 0 radical (unpaired) electrons. The van der Waals surface area contributed by atoms with Gasteiger partial charge in [0.05, 0.1) is 23.5 Å². The van der Waals surface area contributed by atoms with E-state index in [-0.39, 0.29) is 0 Å². The van der Waals surface area contributed by atoms with Crippen molar-refractivity contribution in [3.63, 3.8) is 0 Å². The van der Waals surface area contributed by atoms with Crippen LogP contribution in [0.3, 0.4) is 0 Å². The Bertz CT molecular complexity index is 1080. The highest BCUT2D eigenvalue weighted by molar-refractivity contribution is 6.30. The molecule has 0 spiro atoms. The molecule has 0 aliphatic heterocycles. The molecular weight excluding hydrogens is 448 g/mol. The van der Waals surface area contributed by atoms with Gasteiger partial charge in [-0.3, -0.25) is 0 Å². The standard InChI is InChI=1S/C28H31ClN2O3/c1-3-4-5-6-7-8-19-33-25-15-9-22(10-16-25)28(32)34-26-17-18-27(21(2)20-26)31-30-24-13-11-23(29)12-14-24/h9-18,20H,3-8,19H2,1-2H3. The number of hydrogen-bond acceptors (Lipinski definition) is 5. The Labute approximate surface area is 206 Å². The first-order chi connectivity index (χ1) is 16.5. The van der Waals surface area contributed by atoms with Gasteiger partial charge in [0.25, 0.3) is 0 Å². The zero-order valence-electron chi connectivity index (χ0n) is 19.8. The molecule has 34 heavy (non-hydrogen) atoms. The number of aryl methyl sites for hydroxylation is 1. The molecule has 0 amide bonds. The first kappa shape index (κ1) is 25.4. The van der Waals surface area contributed by atoms with Gasteiger partial charge in [-0.2, -0.15) is 10.2 Å². The highest BCUT2D eigenvalue weighted by Crippen LogP contribution is 2.27. The molecule has 5 nitrogen and oxygen atoms in total. The van der Waals surface area contributed by atoms with Crippen LogP contribution in [0, 0.1) is 6.92 Å². The SMILES string of the molecule is CCCCCCCCOc1ccc(C(=O)Oc2ccc(N=Nc3ccc(Cl)cc3)c(C)c2)cc1. The van der Waals surface area contributed by atoms with Crippen LogP contribution < -0.4 is 9.47 Å². The zero-order valence-corrected chi connectivity index (χ0v) is 20.6. The van der Waals surface area contributed by atoms with Crippen molar-refractivity contribution in [2.24, 2.45) is 10.2 Å². The second-order valence-electron chi connectivity index (χ2n) is 8.15. The van der Waals surface area contributed by atoms with Gasteiger partial charge in [0.1, 0.15) is 11.5 Å². The molecule has 0 saturated carbocycles. The number of esters is 1. The molecule has 0 aliphatic rings. The Kier molecular flexibility index (Phi) is 10.1. The van der Waals surface area contributed by atoms with E-state index in [1.807, 2.05) is 6.92 Å². The molecule has 0 fully saturated rings. The molecule has 0 N–H and O–H groups in total. The van der Waals surface area contributed by atoms with Gasteiger partial charge in [-0.15, -0.1) is 0 Å². The fourth-order valence-corrected chi connectivity index (χ4v) is 3.47. The largest absolute Gasteiger partial charge is 0.494 e. The van der Waals surface area contributed by atoms with Crippen LogP contribution in [0.4, 0.5) is 11.4 Å². The van der Waals surface area contributed by atoms with Crippen LogP contribution in [0.5, 0.6) is 11.5 Å². The molecule has 0 bridgehead atoms. The number of ether oxygens (including phenoxy) is 2. The maximum absolute atomic E-state index is 12.5. The van der Waals surface area contributed by atoms with Gasteiger partial charge in [-0.1, -0.05) is 50.6 Å². The molecule has 3 rings (SSSR count). The van der Waals surface area contributed by atoms with E-state index in [0.717, 1.165) is 17.7 Å². The minimum absolute atomic E-state index is 0.419. The Morgan fingerprint density at radius 2 is 1.50 bits per heavy atom. The van der Waals surface area contributed by atoms with Crippen LogP contribution in [0.1, 0.15) is 61.4 Å². The predicted molar refractivity (Wildman–Crippen MR) is 137 cm³/mol. The topological polar surface area (TPSA) is 60.2 Å². The number of azo groups is 1.